The van der Waals surface area contributed by atoms with E-state index in [0.717, 1.165) is 28.6 Å². The van der Waals surface area contributed by atoms with Gasteiger partial charge in [-0.05, 0) is 44.0 Å². The van der Waals surface area contributed by atoms with Gasteiger partial charge in [0, 0.05) is 18.0 Å². The lowest BCUT2D eigenvalue weighted by atomic mass is 10.1. The molecule has 21 heavy (non-hydrogen) atoms. The lowest BCUT2D eigenvalue weighted by Crippen LogP contribution is -2.05. The van der Waals surface area contributed by atoms with Crippen molar-refractivity contribution < 1.29 is 4.74 Å². The smallest absolute Gasteiger partial charge is 0.132 e. The number of ether oxygens (including phenoxy) is 1. The summed E-state index contributed by atoms with van der Waals surface area (Å²) in [5, 5.41) is 0. The molecule has 4 nitrogen and oxygen atoms in total. The Morgan fingerprint density at radius 2 is 2.10 bits per heavy atom. The first-order chi connectivity index (χ1) is 10.2. The van der Waals surface area contributed by atoms with Gasteiger partial charge in [0.05, 0.1) is 6.61 Å². The molecule has 0 bridgehead atoms. The van der Waals surface area contributed by atoms with Crippen molar-refractivity contribution in [2.75, 3.05) is 12.3 Å². The highest BCUT2D eigenvalue weighted by Crippen LogP contribution is 2.42. The van der Waals surface area contributed by atoms with Gasteiger partial charge >= 0.3 is 0 Å². The van der Waals surface area contributed by atoms with Gasteiger partial charge in [-0.3, -0.25) is 0 Å². The van der Waals surface area contributed by atoms with Crippen LogP contribution in [0, 0.1) is 0 Å². The third kappa shape index (κ3) is 2.66. The Bertz CT molecular complexity index is 639. The zero-order valence-corrected chi connectivity index (χ0v) is 12.4. The minimum absolute atomic E-state index is 0.559. The van der Waals surface area contributed by atoms with Crippen LogP contribution < -0.4 is 10.5 Å². The van der Waals surface area contributed by atoms with Gasteiger partial charge in [0.2, 0.25) is 0 Å². The lowest BCUT2D eigenvalue weighted by molar-refractivity contribution is 0.340. The summed E-state index contributed by atoms with van der Waals surface area (Å²) in [6.07, 6.45) is 4.28. The Morgan fingerprint density at radius 1 is 1.38 bits per heavy atom. The molecule has 2 N–H and O–H groups in total. The van der Waals surface area contributed by atoms with Crippen LogP contribution in [0.2, 0.25) is 0 Å². The summed E-state index contributed by atoms with van der Waals surface area (Å²) >= 11 is 0. The molecule has 1 aliphatic carbocycles. The quantitative estimate of drug-likeness (QED) is 0.824. The topological polar surface area (TPSA) is 53.1 Å². The fourth-order valence-electron chi connectivity index (χ4n) is 2.55. The zero-order chi connectivity index (χ0) is 14.8. The molecular formula is C17H21N3O. The standard InChI is InChI=1S/C17H21N3O/c1-3-11-20-16(18)15(19-17(20)13-5-6-13)12-7-9-14(10-8-12)21-4-2/h3,7-10,13H,1,4-6,11,18H2,2H3. The number of imidazole rings is 1. The second kappa shape index (κ2) is 5.64. The summed E-state index contributed by atoms with van der Waals surface area (Å²) in [5.41, 5.74) is 8.20. The molecule has 1 aromatic carbocycles. The highest BCUT2D eigenvalue weighted by Gasteiger charge is 2.30. The Hall–Kier alpha value is -2.23. The van der Waals surface area contributed by atoms with Crippen molar-refractivity contribution in [3.05, 3.63) is 42.7 Å². The van der Waals surface area contributed by atoms with E-state index < -0.39 is 0 Å². The Balaban J connectivity index is 1.97. The molecule has 1 fully saturated rings. The van der Waals surface area contributed by atoms with Crippen LogP contribution in [-0.2, 0) is 6.54 Å². The van der Waals surface area contributed by atoms with Gasteiger partial charge < -0.3 is 15.0 Å². The average molecular weight is 283 g/mol. The molecule has 110 valence electrons. The summed E-state index contributed by atoms with van der Waals surface area (Å²) in [7, 11) is 0. The highest BCUT2D eigenvalue weighted by molar-refractivity contribution is 5.71. The fourth-order valence-corrected chi connectivity index (χ4v) is 2.55. The Labute approximate surface area is 125 Å². The summed E-state index contributed by atoms with van der Waals surface area (Å²) in [6.45, 7) is 7.17. The number of nitrogen functional groups attached to an aromatic ring is 1. The first-order valence-electron chi connectivity index (χ1n) is 7.44. The predicted octanol–water partition coefficient (Wildman–Crippen LogP) is 3.59. The van der Waals surface area contributed by atoms with Crippen LogP contribution in [0.5, 0.6) is 5.75 Å². The van der Waals surface area contributed by atoms with Crippen LogP contribution in [-0.4, -0.2) is 16.2 Å². The van der Waals surface area contributed by atoms with Crippen LogP contribution >= 0.6 is 0 Å². The van der Waals surface area contributed by atoms with E-state index in [1.54, 1.807) is 0 Å². The lowest BCUT2D eigenvalue weighted by Gasteiger charge is -2.06. The van der Waals surface area contributed by atoms with E-state index in [0.29, 0.717) is 19.1 Å². The molecule has 1 saturated carbocycles. The highest BCUT2D eigenvalue weighted by atomic mass is 16.5. The van der Waals surface area contributed by atoms with Crippen molar-refractivity contribution in [3.8, 4) is 17.0 Å². The third-order valence-electron chi connectivity index (χ3n) is 3.73. The number of nitrogens with two attached hydrogens (primary N) is 1. The van der Waals surface area contributed by atoms with E-state index in [1.165, 1.54) is 12.8 Å². The van der Waals surface area contributed by atoms with E-state index >= 15 is 0 Å². The molecule has 4 heteroatoms. The molecule has 0 amide bonds. The van der Waals surface area contributed by atoms with Gasteiger partial charge in [-0.15, -0.1) is 6.58 Å². The van der Waals surface area contributed by atoms with Gasteiger partial charge in [-0.25, -0.2) is 4.98 Å². The molecule has 0 atom stereocenters. The van der Waals surface area contributed by atoms with Crippen molar-refractivity contribution in [1.82, 2.24) is 9.55 Å². The number of nitrogens with zero attached hydrogens (tertiary/aromatic N) is 2. The fraction of sp³-hybridized carbons (Fsp3) is 0.353. The van der Waals surface area contributed by atoms with E-state index in [9.17, 15) is 0 Å². The molecule has 3 rings (SSSR count). The summed E-state index contributed by atoms with van der Waals surface area (Å²) < 4.78 is 7.55. The second-order valence-corrected chi connectivity index (χ2v) is 5.33. The number of hydrogen-bond donors (Lipinski definition) is 1. The van der Waals surface area contributed by atoms with Crippen molar-refractivity contribution in [2.45, 2.75) is 32.2 Å². The molecular weight excluding hydrogens is 262 g/mol. The zero-order valence-electron chi connectivity index (χ0n) is 12.4. The molecule has 1 aromatic heterocycles. The van der Waals surface area contributed by atoms with Crippen molar-refractivity contribution in [2.24, 2.45) is 0 Å². The molecule has 2 aromatic rings. The first kappa shape index (κ1) is 13.7. The van der Waals surface area contributed by atoms with Crippen LogP contribution in [0.3, 0.4) is 0 Å². The van der Waals surface area contributed by atoms with E-state index in [-0.39, 0.29) is 0 Å². The molecule has 0 spiro atoms. The first-order valence-corrected chi connectivity index (χ1v) is 7.44. The largest absolute Gasteiger partial charge is 0.494 e. The number of benzene rings is 1. The van der Waals surface area contributed by atoms with Gasteiger partial charge in [0.15, 0.2) is 0 Å². The Kier molecular flexibility index (Phi) is 3.69. The number of aromatic nitrogens is 2. The summed E-state index contributed by atoms with van der Waals surface area (Å²) in [6, 6.07) is 7.94. The number of hydrogen-bond acceptors (Lipinski definition) is 3. The van der Waals surface area contributed by atoms with Crippen LogP contribution in [0.15, 0.2) is 36.9 Å². The van der Waals surface area contributed by atoms with Crippen LogP contribution in [0.25, 0.3) is 11.3 Å². The van der Waals surface area contributed by atoms with Crippen molar-refractivity contribution in [1.29, 1.82) is 0 Å². The van der Waals surface area contributed by atoms with Gasteiger partial charge in [-0.2, -0.15) is 0 Å². The molecule has 0 saturated heterocycles. The monoisotopic (exact) mass is 283 g/mol. The molecule has 1 aliphatic rings. The van der Waals surface area contributed by atoms with Gasteiger partial charge in [0.25, 0.3) is 0 Å². The molecule has 1 heterocycles. The summed E-state index contributed by atoms with van der Waals surface area (Å²) in [5.74, 6) is 3.24. The minimum atomic E-state index is 0.559. The molecule has 0 radical (unpaired) electrons. The van der Waals surface area contributed by atoms with E-state index in [1.807, 2.05) is 37.3 Å². The van der Waals surface area contributed by atoms with E-state index in [4.69, 9.17) is 15.5 Å². The molecule has 0 unspecified atom stereocenters. The van der Waals surface area contributed by atoms with Gasteiger partial charge in [0.1, 0.15) is 23.1 Å². The number of anilines is 1. The summed E-state index contributed by atoms with van der Waals surface area (Å²) in [4.78, 5) is 4.79. The Morgan fingerprint density at radius 3 is 2.67 bits per heavy atom. The average Bonchev–Trinajstić information content (AvgIpc) is 3.28. The SMILES string of the molecule is C=CCn1c(C2CC2)nc(-c2ccc(OCC)cc2)c1N. The van der Waals surface area contributed by atoms with Crippen molar-refractivity contribution >= 4 is 5.82 Å². The third-order valence-corrected chi connectivity index (χ3v) is 3.73. The number of allylic oxidation sites excluding steroid dienone is 1. The second-order valence-electron chi connectivity index (χ2n) is 5.33. The normalized spacial score (nSPS) is 14.1. The molecule has 0 aliphatic heterocycles. The van der Waals surface area contributed by atoms with E-state index in [2.05, 4.69) is 11.1 Å². The number of rotatable bonds is 6. The van der Waals surface area contributed by atoms with Crippen LogP contribution in [0.1, 0.15) is 31.5 Å². The maximum atomic E-state index is 6.31. The predicted molar refractivity (Wildman–Crippen MR) is 85.4 cm³/mol. The maximum Gasteiger partial charge on any atom is 0.132 e. The maximum absolute atomic E-state index is 6.31. The van der Waals surface area contributed by atoms with Crippen molar-refractivity contribution in [3.63, 3.8) is 0 Å². The van der Waals surface area contributed by atoms with Crippen LogP contribution in [0.4, 0.5) is 5.82 Å². The minimum Gasteiger partial charge on any atom is -0.494 e. The van der Waals surface area contributed by atoms with Gasteiger partial charge in [-0.1, -0.05) is 6.08 Å².